The van der Waals surface area contributed by atoms with Gasteiger partial charge in [0.25, 0.3) is 0 Å². The lowest BCUT2D eigenvalue weighted by Gasteiger charge is -2.12. The van der Waals surface area contributed by atoms with E-state index in [-0.39, 0.29) is 18.0 Å². The number of fused-ring (bicyclic) bond motifs is 1. The zero-order chi connectivity index (χ0) is 18.5. The highest BCUT2D eigenvalue weighted by Crippen LogP contribution is 2.29. The number of methoxy groups -OCH3 is 2. The molecular formula is C20H21NO5. The van der Waals surface area contributed by atoms with Crippen molar-refractivity contribution in [3.05, 3.63) is 59.2 Å². The van der Waals surface area contributed by atoms with Crippen molar-refractivity contribution in [3.63, 3.8) is 0 Å². The maximum Gasteiger partial charge on any atom is 0.337 e. The fourth-order valence-electron chi connectivity index (χ4n) is 2.90. The van der Waals surface area contributed by atoms with Crippen molar-refractivity contribution in [1.82, 2.24) is 5.32 Å². The molecule has 3 rings (SSSR count). The minimum absolute atomic E-state index is 0.0648. The molecule has 1 atom stereocenters. The smallest absolute Gasteiger partial charge is 0.337 e. The van der Waals surface area contributed by atoms with Gasteiger partial charge >= 0.3 is 5.97 Å². The van der Waals surface area contributed by atoms with Gasteiger partial charge in [-0.1, -0.05) is 12.1 Å². The predicted molar refractivity (Wildman–Crippen MR) is 95.6 cm³/mol. The third kappa shape index (κ3) is 4.14. The third-order valence-electron chi connectivity index (χ3n) is 4.27. The third-order valence-corrected chi connectivity index (χ3v) is 4.27. The molecule has 1 unspecified atom stereocenters. The van der Waals surface area contributed by atoms with Crippen molar-refractivity contribution in [2.45, 2.75) is 18.9 Å². The Labute approximate surface area is 152 Å². The van der Waals surface area contributed by atoms with E-state index < -0.39 is 0 Å². The zero-order valence-corrected chi connectivity index (χ0v) is 14.8. The molecule has 0 radical (unpaired) electrons. The van der Waals surface area contributed by atoms with Gasteiger partial charge in [0, 0.05) is 6.42 Å². The highest BCUT2D eigenvalue weighted by atomic mass is 16.5. The Bertz CT molecular complexity index is 800. The van der Waals surface area contributed by atoms with Gasteiger partial charge in [-0.3, -0.25) is 4.79 Å². The van der Waals surface area contributed by atoms with Crippen molar-refractivity contribution < 1.29 is 23.8 Å². The average molecular weight is 355 g/mol. The topological polar surface area (TPSA) is 73.9 Å². The summed E-state index contributed by atoms with van der Waals surface area (Å²) in [6.07, 6.45) is 0.803. The molecule has 1 aliphatic heterocycles. The Morgan fingerprint density at radius 1 is 1.15 bits per heavy atom. The van der Waals surface area contributed by atoms with Crippen LogP contribution in [0.25, 0.3) is 0 Å². The zero-order valence-electron chi connectivity index (χ0n) is 14.8. The fourth-order valence-corrected chi connectivity index (χ4v) is 2.90. The number of nitrogens with one attached hydrogen (secondary N) is 1. The number of benzene rings is 2. The van der Waals surface area contributed by atoms with E-state index in [1.54, 1.807) is 25.3 Å². The monoisotopic (exact) mass is 355 g/mol. The van der Waals surface area contributed by atoms with Crippen molar-refractivity contribution in [2.24, 2.45) is 0 Å². The van der Waals surface area contributed by atoms with E-state index in [0.717, 1.165) is 22.6 Å². The first-order valence-electron chi connectivity index (χ1n) is 8.36. The highest BCUT2D eigenvalue weighted by Gasteiger charge is 2.24. The van der Waals surface area contributed by atoms with E-state index in [1.165, 1.54) is 7.11 Å². The van der Waals surface area contributed by atoms with E-state index in [2.05, 4.69) is 5.32 Å². The summed E-state index contributed by atoms with van der Waals surface area (Å²) in [5, 5.41) is 2.90. The molecule has 0 fully saturated rings. The number of ether oxygens (including phenoxy) is 3. The van der Waals surface area contributed by atoms with Crippen LogP contribution in [0.4, 0.5) is 0 Å². The lowest BCUT2D eigenvalue weighted by Crippen LogP contribution is -2.35. The fraction of sp³-hybridized carbons (Fsp3) is 0.300. The highest BCUT2D eigenvalue weighted by molar-refractivity contribution is 5.89. The minimum atomic E-state index is -0.371. The summed E-state index contributed by atoms with van der Waals surface area (Å²) in [6.45, 7) is 0.414. The standard InChI is InChI=1S/C20H21NO5/c1-24-16-6-3-13(4-7-16)9-19(22)21-12-17-11-15-10-14(20(23)25-2)5-8-18(15)26-17/h3-8,10,17H,9,11-12H2,1-2H3,(H,21,22). The van der Waals surface area contributed by atoms with Gasteiger partial charge in [0.05, 0.1) is 32.7 Å². The molecule has 0 spiro atoms. The number of esters is 1. The number of carbonyl (C=O) groups is 2. The van der Waals surface area contributed by atoms with E-state index in [9.17, 15) is 9.59 Å². The predicted octanol–water partition coefficient (Wildman–Crippen LogP) is 2.14. The van der Waals surface area contributed by atoms with Gasteiger partial charge < -0.3 is 19.5 Å². The Hall–Kier alpha value is -3.02. The minimum Gasteiger partial charge on any atom is -0.497 e. The van der Waals surface area contributed by atoms with Crippen molar-refractivity contribution in [3.8, 4) is 11.5 Å². The summed E-state index contributed by atoms with van der Waals surface area (Å²) in [7, 11) is 2.96. The van der Waals surface area contributed by atoms with Gasteiger partial charge in [-0.2, -0.15) is 0 Å². The molecule has 0 saturated heterocycles. The van der Waals surface area contributed by atoms with E-state index >= 15 is 0 Å². The molecule has 2 aromatic rings. The molecule has 1 amide bonds. The van der Waals surface area contributed by atoms with Gasteiger partial charge in [-0.15, -0.1) is 0 Å². The van der Waals surface area contributed by atoms with E-state index in [0.29, 0.717) is 24.9 Å². The molecule has 2 aromatic carbocycles. The van der Waals surface area contributed by atoms with E-state index in [1.807, 2.05) is 24.3 Å². The van der Waals surface area contributed by atoms with Crippen LogP contribution in [0.2, 0.25) is 0 Å². The summed E-state index contributed by atoms with van der Waals surface area (Å²) in [5.74, 6) is 1.07. The molecule has 0 bridgehead atoms. The van der Waals surface area contributed by atoms with Gasteiger partial charge in [0.1, 0.15) is 17.6 Å². The molecule has 0 aromatic heterocycles. The van der Waals surface area contributed by atoms with Crippen LogP contribution >= 0.6 is 0 Å². The maximum absolute atomic E-state index is 12.1. The number of hydrogen-bond acceptors (Lipinski definition) is 5. The molecular weight excluding hydrogens is 334 g/mol. The second-order valence-corrected chi connectivity index (χ2v) is 6.09. The second kappa shape index (κ2) is 7.91. The van der Waals surface area contributed by atoms with Gasteiger partial charge in [-0.25, -0.2) is 4.79 Å². The van der Waals surface area contributed by atoms with Crippen LogP contribution in [-0.2, 0) is 22.4 Å². The molecule has 1 aliphatic rings. The van der Waals surface area contributed by atoms with Crippen LogP contribution in [0.1, 0.15) is 21.5 Å². The molecule has 6 heteroatoms. The summed E-state index contributed by atoms with van der Waals surface area (Å²) in [4.78, 5) is 23.7. The summed E-state index contributed by atoms with van der Waals surface area (Å²) in [6, 6.07) is 12.6. The lowest BCUT2D eigenvalue weighted by atomic mass is 10.1. The molecule has 136 valence electrons. The van der Waals surface area contributed by atoms with Crippen LogP contribution < -0.4 is 14.8 Å². The van der Waals surface area contributed by atoms with Crippen LogP contribution in [0.3, 0.4) is 0 Å². The van der Waals surface area contributed by atoms with Crippen molar-refractivity contribution in [2.75, 3.05) is 20.8 Å². The molecule has 0 saturated carbocycles. The number of amides is 1. The number of rotatable bonds is 6. The Kier molecular flexibility index (Phi) is 5.41. The van der Waals surface area contributed by atoms with Gasteiger partial charge in [0.15, 0.2) is 0 Å². The summed E-state index contributed by atoms with van der Waals surface area (Å²) >= 11 is 0. The Morgan fingerprint density at radius 2 is 1.92 bits per heavy atom. The Morgan fingerprint density at radius 3 is 2.62 bits per heavy atom. The van der Waals surface area contributed by atoms with E-state index in [4.69, 9.17) is 14.2 Å². The van der Waals surface area contributed by atoms with Crippen LogP contribution in [0.15, 0.2) is 42.5 Å². The normalized spacial score (nSPS) is 14.9. The van der Waals surface area contributed by atoms with Gasteiger partial charge in [-0.05, 0) is 41.5 Å². The second-order valence-electron chi connectivity index (χ2n) is 6.09. The molecule has 1 heterocycles. The number of carbonyl (C=O) groups excluding carboxylic acids is 2. The first kappa shape index (κ1) is 17.8. The molecule has 1 N–H and O–H groups in total. The van der Waals surface area contributed by atoms with Crippen LogP contribution in [0, 0.1) is 0 Å². The average Bonchev–Trinajstić information content (AvgIpc) is 3.08. The quantitative estimate of drug-likeness (QED) is 0.804. The largest absolute Gasteiger partial charge is 0.497 e. The SMILES string of the molecule is COC(=O)c1ccc2c(c1)CC(CNC(=O)Cc1ccc(OC)cc1)O2. The molecule has 6 nitrogen and oxygen atoms in total. The first-order chi connectivity index (χ1) is 12.6. The molecule has 0 aliphatic carbocycles. The maximum atomic E-state index is 12.1. The van der Waals surface area contributed by atoms with Crippen LogP contribution in [-0.4, -0.2) is 38.7 Å². The first-order valence-corrected chi connectivity index (χ1v) is 8.36. The lowest BCUT2D eigenvalue weighted by molar-refractivity contribution is -0.120. The summed E-state index contributed by atoms with van der Waals surface area (Å²) in [5.41, 5.74) is 2.36. The number of hydrogen-bond donors (Lipinski definition) is 1. The van der Waals surface area contributed by atoms with Crippen molar-refractivity contribution >= 4 is 11.9 Å². The van der Waals surface area contributed by atoms with Gasteiger partial charge in [0.2, 0.25) is 5.91 Å². The Balaban J connectivity index is 1.50. The van der Waals surface area contributed by atoms with Crippen molar-refractivity contribution in [1.29, 1.82) is 0 Å². The summed E-state index contributed by atoms with van der Waals surface area (Å²) < 4.78 is 15.7. The molecule has 26 heavy (non-hydrogen) atoms. The van der Waals surface area contributed by atoms with Crippen LogP contribution in [0.5, 0.6) is 11.5 Å².